The average molecular weight is 287 g/mol. The van der Waals surface area contributed by atoms with Gasteiger partial charge in [-0.15, -0.1) is 0 Å². The van der Waals surface area contributed by atoms with Crippen LogP contribution in [-0.2, 0) is 4.74 Å². The van der Waals surface area contributed by atoms with E-state index in [1.807, 2.05) is 0 Å². The van der Waals surface area contributed by atoms with Crippen LogP contribution >= 0.6 is 0 Å². The highest BCUT2D eigenvalue weighted by Gasteiger charge is 2.38. The molecule has 4 rings (SSSR count). The normalized spacial score (nSPS) is 27.1. The van der Waals surface area contributed by atoms with E-state index in [2.05, 4.69) is 29.6 Å². The molecule has 2 heterocycles. The van der Waals surface area contributed by atoms with Crippen molar-refractivity contribution in [3.8, 4) is 5.75 Å². The number of benzene rings is 1. The molecule has 1 saturated heterocycles. The van der Waals surface area contributed by atoms with E-state index in [4.69, 9.17) is 9.47 Å². The average Bonchev–Trinajstić information content (AvgIpc) is 3.28. The molecule has 3 heteroatoms. The topological polar surface area (TPSA) is 30.5 Å². The van der Waals surface area contributed by atoms with Crippen LogP contribution < -0.4 is 10.1 Å². The molecule has 2 aliphatic heterocycles. The van der Waals surface area contributed by atoms with Crippen LogP contribution in [0.15, 0.2) is 24.3 Å². The van der Waals surface area contributed by atoms with Gasteiger partial charge >= 0.3 is 0 Å². The maximum absolute atomic E-state index is 5.88. The van der Waals surface area contributed by atoms with Crippen molar-refractivity contribution in [1.82, 2.24) is 5.32 Å². The van der Waals surface area contributed by atoms with Gasteiger partial charge in [0.2, 0.25) is 0 Å². The van der Waals surface area contributed by atoms with Gasteiger partial charge in [0.25, 0.3) is 0 Å². The van der Waals surface area contributed by atoms with Gasteiger partial charge in [0.1, 0.15) is 5.75 Å². The molecule has 21 heavy (non-hydrogen) atoms. The Morgan fingerprint density at radius 1 is 1.14 bits per heavy atom. The van der Waals surface area contributed by atoms with Gasteiger partial charge in [-0.1, -0.05) is 18.2 Å². The van der Waals surface area contributed by atoms with Crippen molar-refractivity contribution in [2.45, 2.75) is 44.1 Å². The molecule has 1 aliphatic carbocycles. The summed E-state index contributed by atoms with van der Waals surface area (Å²) in [6.45, 7) is 3.84. The Morgan fingerprint density at radius 3 is 2.76 bits per heavy atom. The first-order chi connectivity index (χ1) is 10.3. The summed E-state index contributed by atoms with van der Waals surface area (Å²) in [6, 6.07) is 9.35. The predicted octanol–water partition coefficient (Wildman–Crippen LogP) is 3.10. The third-order valence-electron chi connectivity index (χ3n) is 5.37. The third kappa shape index (κ3) is 2.95. The van der Waals surface area contributed by atoms with Crippen LogP contribution in [0.4, 0.5) is 0 Å². The van der Waals surface area contributed by atoms with Crippen molar-refractivity contribution in [2.24, 2.45) is 5.41 Å². The lowest BCUT2D eigenvalue weighted by molar-refractivity contribution is 0.00572. The maximum atomic E-state index is 5.88. The van der Waals surface area contributed by atoms with Gasteiger partial charge in [-0.05, 0) is 43.6 Å². The fraction of sp³-hybridized carbons (Fsp3) is 0.667. The summed E-state index contributed by atoms with van der Waals surface area (Å²) < 4.78 is 11.5. The highest BCUT2D eigenvalue weighted by atomic mass is 16.5. The van der Waals surface area contributed by atoms with Gasteiger partial charge in [-0.3, -0.25) is 0 Å². The Hall–Kier alpha value is -1.06. The number of ether oxygens (including phenoxy) is 2. The zero-order valence-corrected chi connectivity index (χ0v) is 12.6. The van der Waals surface area contributed by atoms with Crippen LogP contribution in [0.25, 0.3) is 0 Å². The van der Waals surface area contributed by atoms with Crippen molar-refractivity contribution >= 4 is 0 Å². The monoisotopic (exact) mass is 287 g/mol. The second kappa shape index (κ2) is 5.62. The maximum Gasteiger partial charge on any atom is 0.122 e. The molecule has 1 aromatic rings. The lowest BCUT2D eigenvalue weighted by atomic mass is 9.72. The summed E-state index contributed by atoms with van der Waals surface area (Å²) in [6.07, 6.45) is 6.33. The number of para-hydroxylation sites is 1. The molecule has 1 N–H and O–H groups in total. The fourth-order valence-electron chi connectivity index (χ4n) is 3.83. The molecular formula is C18H25NO2. The number of hydrogen-bond acceptors (Lipinski definition) is 3. The first kappa shape index (κ1) is 13.6. The van der Waals surface area contributed by atoms with E-state index in [1.165, 1.54) is 37.7 Å². The van der Waals surface area contributed by atoms with Crippen molar-refractivity contribution in [1.29, 1.82) is 0 Å². The largest absolute Gasteiger partial charge is 0.493 e. The standard InChI is InChI=1S/C18H25NO2/c1-2-4-17-16(3-1)14(12-21-17)11-18(7-9-20-10-8-18)13-19-15-5-6-15/h1-4,14-15,19H,5-13H2. The fourth-order valence-corrected chi connectivity index (χ4v) is 3.83. The van der Waals surface area contributed by atoms with E-state index < -0.39 is 0 Å². The zero-order valence-electron chi connectivity index (χ0n) is 12.6. The molecule has 1 saturated carbocycles. The van der Waals surface area contributed by atoms with E-state index in [-0.39, 0.29) is 0 Å². The Kier molecular flexibility index (Phi) is 3.64. The molecule has 3 aliphatic rings. The summed E-state index contributed by atoms with van der Waals surface area (Å²) in [5.41, 5.74) is 1.81. The van der Waals surface area contributed by atoms with E-state index >= 15 is 0 Å². The van der Waals surface area contributed by atoms with Gasteiger partial charge in [-0.25, -0.2) is 0 Å². The van der Waals surface area contributed by atoms with Gasteiger partial charge < -0.3 is 14.8 Å². The molecule has 2 fully saturated rings. The Balaban J connectivity index is 1.48. The van der Waals surface area contributed by atoms with Crippen LogP contribution in [-0.4, -0.2) is 32.4 Å². The Bertz CT molecular complexity index is 492. The number of fused-ring (bicyclic) bond motifs is 1. The van der Waals surface area contributed by atoms with Crippen LogP contribution in [0.3, 0.4) is 0 Å². The summed E-state index contributed by atoms with van der Waals surface area (Å²) in [5.74, 6) is 1.65. The van der Waals surface area contributed by atoms with Crippen molar-refractivity contribution < 1.29 is 9.47 Å². The quantitative estimate of drug-likeness (QED) is 0.902. The van der Waals surface area contributed by atoms with Crippen LogP contribution in [0.1, 0.15) is 43.6 Å². The first-order valence-electron chi connectivity index (χ1n) is 8.38. The second-order valence-electron chi connectivity index (χ2n) is 7.02. The molecule has 1 atom stereocenters. The number of hydrogen-bond donors (Lipinski definition) is 1. The second-order valence-corrected chi connectivity index (χ2v) is 7.02. The SMILES string of the molecule is c1ccc2c(c1)OCC2CC1(CNC2CC2)CCOCC1. The van der Waals surface area contributed by atoms with Crippen molar-refractivity contribution in [3.05, 3.63) is 29.8 Å². The van der Waals surface area contributed by atoms with E-state index in [0.717, 1.165) is 38.2 Å². The number of nitrogens with one attached hydrogen (secondary N) is 1. The minimum atomic E-state index is 0.395. The summed E-state index contributed by atoms with van der Waals surface area (Å²) >= 11 is 0. The van der Waals surface area contributed by atoms with Gasteiger partial charge in [0.05, 0.1) is 6.61 Å². The summed E-state index contributed by atoms with van der Waals surface area (Å²) in [7, 11) is 0. The van der Waals surface area contributed by atoms with E-state index in [1.54, 1.807) is 0 Å². The van der Waals surface area contributed by atoms with Gasteiger partial charge in [0, 0.05) is 37.3 Å². The number of rotatable bonds is 5. The molecule has 0 aromatic heterocycles. The molecule has 0 amide bonds. The Morgan fingerprint density at radius 2 is 1.95 bits per heavy atom. The first-order valence-corrected chi connectivity index (χ1v) is 8.38. The third-order valence-corrected chi connectivity index (χ3v) is 5.37. The molecule has 0 spiro atoms. The predicted molar refractivity (Wildman–Crippen MR) is 82.8 cm³/mol. The van der Waals surface area contributed by atoms with Crippen molar-refractivity contribution in [3.63, 3.8) is 0 Å². The molecule has 114 valence electrons. The molecule has 3 nitrogen and oxygen atoms in total. The molecule has 1 aromatic carbocycles. The smallest absolute Gasteiger partial charge is 0.122 e. The van der Waals surface area contributed by atoms with Crippen LogP contribution in [0.2, 0.25) is 0 Å². The highest BCUT2D eigenvalue weighted by Crippen LogP contribution is 2.44. The highest BCUT2D eigenvalue weighted by molar-refractivity contribution is 5.39. The lowest BCUT2D eigenvalue weighted by Gasteiger charge is -2.39. The zero-order chi connectivity index (χ0) is 14.1. The minimum absolute atomic E-state index is 0.395. The van der Waals surface area contributed by atoms with Crippen LogP contribution in [0.5, 0.6) is 5.75 Å². The lowest BCUT2D eigenvalue weighted by Crippen LogP contribution is -2.41. The summed E-state index contributed by atoms with van der Waals surface area (Å²) in [4.78, 5) is 0. The van der Waals surface area contributed by atoms with Gasteiger partial charge in [-0.2, -0.15) is 0 Å². The van der Waals surface area contributed by atoms with Crippen LogP contribution in [0, 0.1) is 5.41 Å². The molecule has 0 radical (unpaired) electrons. The molecular weight excluding hydrogens is 262 g/mol. The van der Waals surface area contributed by atoms with Gasteiger partial charge in [0.15, 0.2) is 0 Å². The molecule has 0 bridgehead atoms. The minimum Gasteiger partial charge on any atom is -0.493 e. The van der Waals surface area contributed by atoms with E-state index in [9.17, 15) is 0 Å². The summed E-state index contributed by atoms with van der Waals surface area (Å²) in [5, 5.41) is 3.77. The van der Waals surface area contributed by atoms with E-state index in [0.29, 0.717) is 11.3 Å². The molecule has 1 unspecified atom stereocenters. The van der Waals surface area contributed by atoms with Crippen molar-refractivity contribution in [2.75, 3.05) is 26.4 Å². The Labute approximate surface area is 127 Å².